The third-order valence-electron chi connectivity index (χ3n) is 6.25. The van der Waals surface area contributed by atoms with Crippen molar-refractivity contribution < 1.29 is 19.1 Å². The molecule has 31 heavy (non-hydrogen) atoms. The number of rotatable bonds is 6. The second-order valence-corrected chi connectivity index (χ2v) is 8.36. The summed E-state index contributed by atoms with van der Waals surface area (Å²) in [4.78, 5) is 31.0. The highest BCUT2D eigenvalue weighted by atomic mass is 16.7. The summed E-state index contributed by atoms with van der Waals surface area (Å²) in [5, 5.41) is 0. The van der Waals surface area contributed by atoms with Crippen molar-refractivity contribution in [2.45, 2.75) is 19.4 Å². The molecule has 2 aromatic carbocycles. The number of carbonyl (C=O) groups is 2. The van der Waals surface area contributed by atoms with Crippen LogP contribution >= 0.6 is 0 Å². The van der Waals surface area contributed by atoms with E-state index in [2.05, 4.69) is 21.9 Å². The zero-order chi connectivity index (χ0) is 21.2. The first kappa shape index (κ1) is 20.0. The number of ketones is 1. The lowest BCUT2D eigenvalue weighted by Crippen LogP contribution is -2.47. The van der Waals surface area contributed by atoms with Gasteiger partial charge in [0.2, 0.25) is 12.7 Å². The van der Waals surface area contributed by atoms with Crippen LogP contribution in [0.15, 0.2) is 42.5 Å². The molecule has 0 bridgehead atoms. The topological polar surface area (TPSA) is 62.3 Å². The Hall–Kier alpha value is -2.90. The number of carbonyl (C=O) groups excluding carboxylic acids is 2. The van der Waals surface area contributed by atoms with Crippen molar-refractivity contribution in [3.8, 4) is 11.5 Å². The lowest BCUT2D eigenvalue weighted by molar-refractivity contribution is -0.117. The van der Waals surface area contributed by atoms with Gasteiger partial charge in [-0.05, 0) is 48.4 Å². The number of anilines is 1. The molecular formula is C24H27N3O4. The van der Waals surface area contributed by atoms with Crippen LogP contribution in [0.25, 0.3) is 0 Å². The largest absolute Gasteiger partial charge is 0.454 e. The fourth-order valence-corrected chi connectivity index (χ4v) is 4.45. The Bertz CT molecular complexity index is 967. The molecule has 0 N–H and O–H groups in total. The lowest BCUT2D eigenvalue weighted by atomic mass is 10.1. The number of nitrogens with zero attached hydrogens (tertiary/aromatic N) is 3. The minimum Gasteiger partial charge on any atom is -0.454 e. The molecule has 0 atom stereocenters. The molecule has 3 heterocycles. The fourth-order valence-electron chi connectivity index (χ4n) is 4.45. The van der Waals surface area contributed by atoms with E-state index in [-0.39, 0.29) is 11.7 Å². The van der Waals surface area contributed by atoms with Crippen molar-refractivity contribution in [3.05, 3.63) is 53.6 Å². The number of hydrogen-bond donors (Lipinski definition) is 0. The Balaban J connectivity index is 1.11. The van der Waals surface area contributed by atoms with Crippen LogP contribution in [0.4, 0.5) is 5.69 Å². The number of amides is 1. The highest BCUT2D eigenvalue weighted by Crippen LogP contribution is 2.32. The summed E-state index contributed by atoms with van der Waals surface area (Å²) in [5.74, 6) is 1.93. The molecule has 0 spiro atoms. The third-order valence-corrected chi connectivity index (χ3v) is 6.25. The summed E-state index contributed by atoms with van der Waals surface area (Å²) in [6.45, 7) is 5.96. The minimum atomic E-state index is 0.128. The molecule has 2 saturated heterocycles. The van der Waals surface area contributed by atoms with E-state index in [1.165, 1.54) is 5.56 Å². The predicted molar refractivity (Wildman–Crippen MR) is 117 cm³/mol. The van der Waals surface area contributed by atoms with Gasteiger partial charge < -0.3 is 14.4 Å². The normalized spacial score (nSPS) is 19.2. The number of benzene rings is 2. The first-order chi connectivity index (χ1) is 15.2. The molecule has 1 amide bonds. The van der Waals surface area contributed by atoms with Gasteiger partial charge in [0.25, 0.3) is 0 Å². The molecule has 2 fully saturated rings. The zero-order valence-corrected chi connectivity index (χ0v) is 17.6. The van der Waals surface area contributed by atoms with Crippen molar-refractivity contribution in [2.24, 2.45) is 0 Å². The molecule has 7 heteroatoms. The number of piperazine rings is 1. The molecule has 5 rings (SSSR count). The first-order valence-electron chi connectivity index (χ1n) is 10.9. The van der Waals surface area contributed by atoms with Gasteiger partial charge >= 0.3 is 0 Å². The van der Waals surface area contributed by atoms with E-state index in [4.69, 9.17) is 9.47 Å². The smallest absolute Gasteiger partial charge is 0.231 e. The van der Waals surface area contributed by atoms with Crippen LogP contribution in [0.3, 0.4) is 0 Å². The van der Waals surface area contributed by atoms with Crippen LogP contribution in [0, 0.1) is 0 Å². The van der Waals surface area contributed by atoms with E-state index in [1.807, 2.05) is 30.3 Å². The van der Waals surface area contributed by atoms with Crippen LogP contribution in [0.1, 0.15) is 28.8 Å². The SMILES string of the molecule is O=C(CN1CCN(Cc2ccc3c(c2)OCO3)CC1)c1ccc(N2CCCC2=O)cc1. The molecule has 0 saturated carbocycles. The highest BCUT2D eigenvalue weighted by Gasteiger charge is 2.23. The van der Waals surface area contributed by atoms with Crippen LogP contribution < -0.4 is 14.4 Å². The maximum Gasteiger partial charge on any atom is 0.231 e. The molecule has 0 unspecified atom stereocenters. The van der Waals surface area contributed by atoms with E-state index in [1.54, 1.807) is 4.90 Å². The third kappa shape index (κ3) is 4.43. The molecule has 3 aliphatic heterocycles. The number of hydrogen-bond acceptors (Lipinski definition) is 6. The minimum absolute atomic E-state index is 0.128. The van der Waals surface area contributed by atoms with Crippen LogP contribution in [-0.2, 0) is 11.3 Å². The zero-order valence-electron chi connectivity index (χ0n) is 17.6. The molecule has 162 valence electrons. The van der Waals surface area contributed by atoms with E-state index >= 15 is 0 Å². The standard InChI is InChI=1S/C24H27N3O4/c28-21(19-4-6-20(7-5-19)27-9-1-2-24(27)29)16-26-12-10-25(11-13-26)15-18-3-8-22-23(14-18)31-17-30-22/h3-8,14H,1-2,9-13,15-17H2. The van der Waals surface area contributed by atoms with Crippen LogP contribution in [0.5, 0.6) is 11.5 Å². The molecule has 0 aliphatic carbocycles. The Labute approximate surface area is 182 Å². The molecule has 7 nitrogen and oxygen atoms in total. The predicted octanol–water partition coefficient (Wildman–Crippen LogP) is 2.54. The Morgan fingerprint density at radius 2 is 1.61 bits per heavy atom. The number of ether oxygens (including phenoxy) is 2. The number of fused-ring (bicyclic) bond motifs is 1. The Morgan fingerprint density at radius 3 is 2.35 bits per heavy atom. The summed E-state index contributed by atoms with van der Waals surface area (Å²) in [6.07, 6.45) is 1.52. The van der Waals surface area contributed by atoms with Gasteiger partial charge in [0.05, 0.1) is 6.54 Å². The highest BCUT2D eigenvalue weighted by molar-refractivity contribution is 5.99. The van der Waals surface area contributed by atoms with Crippen LogP contribution in [-0.4, -0.2) is 67.6 Å². The molecule has 0 aromatic heterocycles. The van der Waals surface area contributed by atoms with E-state index in [0.29, 0.717) is 25.3 Å². The number of Topliss-reactive ketones (excluding diaryl/α,β-unsaturated/α-hetero) is 1. The van der Waals surface area contributed by atoms with Gasteiger partial charge in [0.1, 0.15) is 0 Å². The summed E-state index contributed by atoms with van der Waals surface area (Å²) < 4.78 is 10.8. The average Bonchev–Trinajstić information content (AvgIpc) is 3.43. The van der Waals surface area contributed by atoms with E-state index in [9.17, 15) is 9.59 Å². The van der Waals surface area contributed by atoms with Gasteiger partial charge in [0, 0.05) is 56.9 Å². The molecule has 0 radical (unpaired) electrons. The first-order valence-corrected chi connectivity index (χ1v) is 10.9. The van der Waals surface area contributed by atoms with Gasteiger partial charge in [-0.25, -0.2) is 0 Å². The molecular weight excluding hydrogens is 394 g/mol. The van der Waals surface area contributed by atoms with E-state index < -0.39 is 0 Å². The van der Waals surface area contributed by atoms with Gasteiger partial charge in [-0.15, -0.1) is 0 Å². The van der Waals surface area contributed by atoms with Crippen molar-refractivity contribution in [1.29, 1.82) is 0 Å². The second-order valence-electron chi connectivity index (χ2n) is 8.36. The second kappa shape index (κ2) is 8.69. The maximum absolute atomic E-state index is 12.7. The lowest BCUT2D eigenvalue weighted by Gasteiger charge is -2.34. The summed E-state index contributed by atoms with van der Waals surface area (Å²) in [5.41, 5.74) is 2.81. The van der Waals surface area contributed by atoms with E-state index in [0.717, 1.165) is 62.9 Å². The van der Waals surface area contributed by atoms with Crippen LogP contribution in [0.2, 0.25) is 0 Å². The average molecular weight is 421 g/mol. The Kier molecular flexibility index (Phi) is 5.61. The summed E-state index contributed by atoms with van der Waals surface area (Å²) in [7, 11) is 0. The van der Waals surface area contributed by atoms with Gasteiger partial charge in [-0.3, -0.25) is 19.4 Å². The summed E-state index contributed by atoms with van der Waals surface area (Å²) >= 11 is 0. The Morgan fingerprint density at radius 1 is 0.871 bits per heavy atom. The maximum atomic E-state index is 12.7. The fraction of sp³-hybridized carbons (Fsp3) is 0.417. The monoisotopic (exact) mass is 421 g/mol. The van der Waals surface area contributed by atoms with Gasteiger partial charge in [-0.1, -0.05) is 6.07 Å². The van der Waals surface area contributed by atoms with Crippen molar-refractivity contribution in [1.82, 2.24) is 9.80 Å². The summed E-state index contributed by atoms with van der Waals surface area (Å²) in [6, 6.07) is 13.6. The van der Waals surface area contributed by atoms with Crippen molar-refractivity contribution in [3.63, 3.8) is 0 Å². The van der Waals surface area contributed by atoms with Crippen molar-refractivity contribution in [2.75, 3.05) is 51.0 Å². The van der Waals surface area contributed by atoms with Gasteiger partial charge in [0.15, 0.2) is 17.3 Å². The quantitative estimate of drug-likeness (QED) is 0.668. The molecule has 2 aromatic rings. The molecule has 3 aliphatic rings. The van der Waals surface area contributed by atoms with Crippen molar-refractivity contribution >= 4 is 17.4 Å². The van der Waals surface area contributed by atoms with Gasteiger partial charge in [-0.2, -0.15) is 0 Å².